The van der Waals surface area contributed by atoms with Crippen LogP contribution in [0.15, 0.2) is 51.8 Å². The standard InChI is InChI=1S/C24H30N6O/c1-3-19(29-11-13-31-14-12-29)4-2-18(1)20-15-21-22(27-9-8-26-21)23(28-20)30-10-6-24(17-30)5-7-25-16-24/h1-4,8-9,15,21,25,28H,5-7,10-14,16-17H2. The van der Waals surface area contributed by atoms with Crippen molar-refractivity contribution in [1.29, 1.82) is 0 Å². The summed E-state index contributed by atoms with van der Waals surface area (Å²) in [6.45, 7) is 7.94. The number of ether oxygens (including phenoxy) is 1. The second-order valence-electron chi connectivity index (χ2n) is 9.20. The van der Waals surface area contributed by atoms with Crippen LogP contribution in [0.25, 0.3) is 5.70 Å². The van der Waals surface area contributed by atoms with E-state index in [1.165, 1.54) is 24.1 Å². The average Bonchev–Trinajstić information content (AvgIpc) is 3.48. The molecule has 0 bridgehead atoms. The van der Waals surface area contributed by atoms with Crippen LogP contribution >= 0.6 is 0 Å². The number of nitrogens with zero attached hydrogens (tertiary/aromatic N) is 4. The first-order valence-electron chi connectivity index (χ1n) is 11.5. The molecule has 1 aromatic rings. The van der Waals surface area contributed by atoms with Crippen LogP contribution in [0.3, 0.4) is 0 Å². The molecule has 1 spiro atoms. The Labute approximate surface area is 183 Å². The van der Waals surface area contributed by atoms with Gasteiger partial charge in [0.1, 0.15) is 17.6 Å². The van der Waals surface area contributed by atoms with Crippen molar-refractivity contribution in [3.8, 4) is 0 Å². The molecule has 2 unspecified atom stereocenters. The van der Waals surface area contributed by atoms with Gasteiger partial charge in [0.2, 0.25) is 0 Å². The molecule has 0 saturated carbocycles. The van der Waals surface area contributed by atoms with Crippen molar-refractivity contribution in [1.82, 2.24) is 15.5 Å². The molecule has 5 aliphatic heterocycles. The van der Waals surface area contributed by atoms with E-state index in [0.29, 0.717) is 5.41 Å². The van der Waals surface area contributed by atoms with Gasteiger partial charge < -0.3 is 25.2 Å². The van der Waals surface area contributed by atoms with Gasteiger partial charge in [-0.25, -0.2) is 0 Å². The average molecular weight is 419 g/mol. The molecule has 0 aliphatic carbocycles. The van der Waals surface area contributed by atoms with E-state index >= 15 is 0 Å². The fraction of sp³-hybridized carbons (Fsp3) is 0.500. The smallest absolute Gasteiger partial charge is 0.131 e. The van der Waals surface area contributed by atoms with Crippen LogP contribution in [0.2, 0.25) is 0 Å². The molecule has 0 amide bonds. The second-order valence-corrected chi connectivity index (χ2v) is 9.20. The molecule has 3 saturated heterocycles. The fourth-order valence-corrected chi connectivity index (χ4v) is 5.46. The van der Waals surface area contributed by atoms with Crippen LogP contribution in [-0.2, 0) is 4.74 Å². The highest BCUT2D eigenvalue weighted by atomic mass is 16.5. The van der Waals surface area contributed by atoms with Crippen molar-refractivity contribution in [2.24, 2.45) is 15.4 Å². The van der Waals surface area contributed by atoms with Gasteiger partial charge in [0.15, 0.2) is 0 Å². The minimum atomic E-state index is -0.0200. The quantitative estimate of drug-likeness (QED) is 0.784. The van der Waals surface area contributed by atoms with E-state index in [9.17, 15) is 0 Å². The number of hydrogen-bond donors (Lipinski definition) is 2. The SMILES string of the molecule is C1=NC2=C(N3CCC4(CCNC4)C3)NC(c3ccc(N4CCOCC4)cc3)=CC2N=C1. The number of hydrogen-bond acceptors (Lipinski definition) is 7. The lowest BCUT2D eigenvalue weighted by atomic mass is 9.86. The molecular weight excluding hydrogens is 388 g/mol. The van der Waals surface area contributed by atoms with Gasteiger partial charge in [0.25, 0.3) is 0 Å². The van der Waals surface area contributed by atoms with Crippen molar-refractivity contribution in [3.63, 3.8) is 0 Å². The van der Waals surface area contributed by atoms with Gasteiger partial charge in [-0.05, 0) is 43.2 Å². The van der Waals surface area contributed by atoms with Gasteiger partial charge in [-0.15, -0.1) is 0 Å². The third-order valence-corrected chi connectivity index (χ3v) is 7.27. The summed E-state index contributed by atoms with van der Waals surface area (Å²) in [5.41, 5.74) is 5.02. The molecule has 162 valence electrons. The van der Waals surface area contributed by atoms with Crippen molar-refractivity contribution >= 4 is 23.8 Å². The van der Waals surface area contributed by atoms with Gasteiger partial charge in [-0.3, -0.25) is 9.98 Å². The first-order chi connectivity index (χ1) is 15.3. The summed E-state index contributed by atoms with van der Waals surface area (Å²) in [4.78, 5) is 14.3. The molecule has 7 nitrogen and oxygen atoms in total. The third kappa shape index (κ3) is 3.55. The molecule has 2 atom stereocenters. The van der Waals surface area contributed by atoms with Crippen LogP contribution in [0.4, 0.5) is 5.69 Å². The zero-order chi connectivity index (χ0) is 20.7. The Morgan fingerprint density at radius 2 is 1.87 bits per heavy atom. The van der Waals surface area contributed by atoms with Crippen LogP contribution in [0.5, 0.6) is 0 Å². The Morgan fingerprint density at radius 1 is 1.00 bits per heavy atom. The first-order valence-corrected chi connectivity index (χ1v) is 11.5. The van der Waals surface area contributed by atoms with Gasteiger partial charge >= 0.3 is 0 Å². The maximum atomic E-state index is 5.49. The highest BCUT2D eigenvalue weighted by Crippen LogP contribution is 2.39. The Kier molecular flexibility index (Phi) is 4.80. The van der Waals surface area contributed by atoms with Crippen LogP contribution < -0.4 is 15.5 Å². The van der Waals surface area contributed by atoms with E-state index in [1.807, 2.05) is 12.4 Å². The number of nitrogens with one attached hydrogen (secondary N) is 2. The maximum Gasteiger partial charge on any atom is 0.131 e. The number of aliphatic imine (C=N–C) groups is 2. The predicted octanol–water partition coefficient (Wildman–Crippen LogP) is 1.85. The van der Waals surface area contributed by atoms with Crippen molar-refractivity contribution in [2.75, 3.05) is 57.4 Å². The number of anilines is 1. The van der Waals surface area contributed by atoms with Crippen molar-refractivity contribution in [2.45, 2.75) is 18.9 Å². The summed E-state index contributed by atoms with van der Waals surface area (Å²) in [5, 5.41) is 7.30. The Morgan fingerprint density at radius 3 is 2.68 bits per heavy atom. The van der Waals surface area contributed by atoms with Gasteiger partial charge in [-0.2, -0.15) is 0 Å². The number of morpholine rings is 1. The molecule has 7 heteroatoms. The highest BCUT2D eigenvalue weighted by Gasteiger charge is 2.42. The molecule has 1 aromatic carbocycles. The molecular formula is C24H30N6O. The number of dihydropyridines is 1. The van der Waals surface area contributed by atoms with E-state index in [0.717, 1.165) is 69.7 Å². The fourth-order valence-electron chi connectivity index (χ4n) is 5.46. The zero-order valence-corrected chi connectivity index (χ0v) is 17.9. The normalized spacial score (nSPS) is 30.1. The Hall–Kier alpha value is -2.64. The molecule has 0 radical (unpaired) electrons. The third-order valence-electron chi connectivity index (χ3n) is 7.27. The monoisotopic (exact) mass is 418 g/mol. The van der Waals surface area contributed by atoms with Gasteiger partial charge in [0, 0.05) is 62.0 Å². The van der Waals surface area contributed by atoms with Crippen molar-refractivity contribution in [3.05, 3.63) is 47.4 Å². The molecule has 5 aliphatic rings. The van der Waals surface area contributed by atoms with Gasteiger partial charge in [-0.1, -0.05) is 12.1 Å². The van der Waals surface area contributed by atoms with Gasteiger partial charge in [0.05, 0.1) is 13.2 Å². The van der Waals surface area contributed by atoms with E-state index in [4.69, 9.17) is 14.7 Å². The molecule has 0 aromatic heterocycles. The second kappa shape index (κ2) is 7.80. The minimum absolute atomic E-state index is 0.0200. The largest absolute Gasteiger partial charge is 0.378 e. The zero-order valence-electron chi connectivity index (χ0n) is 17.9. The van der Waals surface area contributed by atoms with E-state index in [2.05, 4.69) is 50.8 Å². The molecule has 6 rings (SSSR count). The number of fused-ring (bicyclic) bond motifs is 1. The summed E-state index contributed by atoms with van der Waals surface area (Å²) in [6.07, 6.45) is 8.34. The summed E-state index contributed by atoms with van der Waals surface area (Å²) >= 11 is 0. The van der Waals surface area contributed by atoms with E-state index < -0.39 is 0 Å². The van der Waals surface area contributed by atoms with Crippen LogP contribution in [0, 0.1) is 5.41 Å². The summed E-state index contributed by atoms with van der Waals surface area (Å²) in [5.74, 6) is 1.14. The van der Waals surface area contributed by atoms with Crippen LogP contribution in [0.1, 0.15) is 18.4 Å². The molecule has 5 heterocycles. The minimum Gasteiger partial charge on any atom is -0.378 e. The topological polar surface area (TPSA) is 64.5 Å². The Balaban J connectivity index is 1.25. The predicted molar refractivity (Wildman–Crippen MR) is 124 cm³/mol. The Bertz CT molecular complexity index is 951. The first kappa shape index (κ1) is 19.1. The maximum absolute atomic E-state index is 5.49. The lowest BCUT2D eigenvalue weighted by Crippen LogP contribution is -2.38. The number of benzene rings is 1. The van der Waals surface area contributed by atoms with Crippen LogP contribution in [-0.4, -0.2) is 75.9 Å². The molecule has 3 fully saturated rings. The summed E-state index contributed by atoms with van der Waals surface area (Å²) in [6, 6.07) is 8.86. The molecule has 31 heavy (non-hydrogen) atoms. The van der Waals surface area contributed by atoms with E-state index in [1.54, 1.807) is 0 Å². The summed E-state index contributed by atoms with van der Waals surface area (Å²) < 4.78 is 5.49. The highest BCUT2D eigenvalue weighted by molar-refractivity contribution is 6.17. The van der Waals surface area contributed by atoms with Crippen molar-refractivity contribution < 1.29 is 4.74 Å². The van der Waals surface area contributed by atoms with E-state index in [-0.39, 0.29) is 6.04 Å². The lowest BCUT2D eigenvalue weighted by Gasteiger charge is -2.33. The summed E-state index contributed by atoms with van der Waals surface area (Å²) in [7, 11) is 0. The molecule has 2 N–H and O–H groups in total. The lowest BCUT2D eigenvalue weighted by molar-refractivity contribution is 0.122. The number of likely N-dealkylation sites (tertiary alicyclic amines) is 1. The number of rotatable bonds is 3.